The maximum Gasteiger partial charge on any atom is 0.211 e. The van der Waals surface area contributed by atoms with E-state index in [0.29, 0.717) is 6.54 Å². The smallest absolute Gasteiger partial charge is 0.211 e. The minimum absolute atomic E-state index is 0.00481. The molecule has 2 aromatic rings. The van der Waals surface area contributed by atoms with Gasteiger partial charge in [-0.25, -0.2) is 13.1 Å². The minimum atomic E-state index is -3.20. The molecule has 25 heavy (non-hydrogen) atoms. The highest BCUT2D eigenvalue weighted by molar-refractivity contribution is 7.89. The minimum Gasteiger partial charge on any atom is -0.291 e. The van der Waals surface area contributed by atoms with Gasteiger partial charge in [0.25, 0.3) is 0 Å². The molecule has 1 aromatic carbocycles. The van der Waals surface area contributed by atoms with Gasteiger partial charge >= 0.3 is 0 Å². The standard InChI is InChI=1S/C18H26N4O2S/c1-4-25(23,24)20-10-18-13-21(12-17-7-8-19-22(17)18)11-16-9-14(2)5-6-15(16)3/h5-9,18,20H,4,10-13H2,1-3H3/t18-/m1/s1. The Hall–Kier alpha value is -1.70. The fourth-order valence-electron chi connectivity index (χ4n) is 3.27. The summed E-state index contributed by atoms with van der Waals surface area (Å²) in [6, 6.07) is 8.54. The largest absolute Gasteiger partial charge is 0.291 e. The zero-order valence-electron chi connectivity index (χ0n) is 15.1. The molecule has 0 saturated heterocycles. The Labute approximate surface area is 149 Å². The molecule has 1 aromatic heterocycles. The molecule has 0 fully saturated rings. The lowest BCUT2D eigenvalue weighted by atomic mass is 10.0. The molecule has 0 bridgehead atoms. The summed E-state index contributed by atoms with van der Waals surface area (Å²) >= 11 is 0. The van der Waals surface area contributed by atoms with Crippen molar-refractivity contribution >= 4 is 10.0 Å². The van der Waals surface area contributed by atoms with Crippen molar-refractivity contribution in [3.8, 4) is 0 Å². The maximum atomic E-state index is 11.8. The molecule has 0 radical (unpaired) electrons. The van der Waals surface area contributed by atoms with Crippen LogP contribution >= 0.6 is 0 Å². The first kappa shape index (κ1) is 18.1. The highest BCUT2D eigenvalue weighted by Crippen LogP contribution is 2.23. The third kappa shape index (κ3) is 4.29. The van der Waals surface area contributed by atoms with Crippen molar-refractivity contribution in [1.29, 1.82) is 0 Å². The lowest BCUT2D eigenvalue weighted by molar-refractivity contribution is 0.167. The third-order valence-electron chi connectivity index (χ3n) is 4.77. The van der Waals surface area contributed by atoms with Crippen molar-refractivity contribution in [2.24, 2.45) is 0 Å². The van der Waals surface area contributed by atoms with E-state index in [0.717, 1.165) is 25.3 Å². The number of benzene rings is 1. The van der Waals surface area contributed by atoms with Gasteiger partial charge in [-0.3, -0.25) is 9.58 Å². The van der Waals surface area contributed by atoms with Crippen LogP contribution in [0.25, 0.3) is 0 Å². The lowest BCUT2D eigenvalue weighted by Crippen LogP contribution is -2.43. The van der Waals surface area contributed by atoms with E-state index in [1.54, 1.807) is 13.1 Å². The average molecular weight is 362 g/mol. The van der Waals surface area contributed by atoms with Crippen molar-refractivity contribution < 1.29 is 8.42 Å². The van der Waals surface area contributed by atoms with E-state index < -0.39 is 10.0 Å². The Bertz CT molecular complexity index is 845. The Morgan fingerprint density at radius 3 is 2.84 bits per heavy atom. The van der Waals surface area contributed by atoms with Gasteiger partial charge < -0.3 is 0 Å². The van der Waals surface area contributed by atoms with E-state index in [1.165, 1.54) is 16.7 Å². The summed E-state index contributed by atoms with van der Waals surface area (Å²) in [7, 11) is -3.20. The Balaban J connectivity index is 1.76. The quantitative estimate of drug-likeness (QED) is 0.853. The predicted octanol–water partition coefficient (Wildman–Crippen LogP) is 2.00. The number of nitrogens with zero attached hydrogens (tertiary/aromatic N) is 3. The molecule has 0 aliphatic carbocycles. The van der Waals surface area contributed by atoms with Gasteiger partial charge in [0.2, 0.25) is 10.0 Å². The van der Waals surface area contributed by atoms with Gasteiger partial charge in [0, 0.05) is 32.4 Å². The number of hydrogen-bond donors (Lipinski definition) is 1. The number of fused-ring (bicyclic) bond motifs is 1. The first-order chi connectivity index (χ1) is 11.9. The van der Waals surface area contributed by atoms with E-state index in [9.17, 15) is 8.42 Å². The van der Waals surface area contributed by atoms with E-state index in [-0.39, 0.29) is 11.8 Å². The first-order valence-corrected chi connectivity index (χ1v) is 10.3. The highest BCUT2D eigenvalue weighted by Gasteiger charge is 2.26. The summed E-state index contributed by atoms with van der Waals surface area (Å²) in [5, 5.41) is 4.39. The summed E-state index contributed by atoms with van der Waals surface area (Å²) < 4.78 is 28.2. The first-order valence-electron chi connectivity index (χ1n) is 8.66. The normalized spacial score (nSPS) is 18.3. The molecule has 1 N–H and O–H groups in total. The van der Waals surface area contributed by atoms with Gasteiger partial charge in [-0.1, -0.05) is 23.8 Å². The van der Waals surface area contributed by atoms with Gasteiger partial charge in [0.15, 0.2) is 0 Å². The van der Waals surface area contributed by atoms with Crippen LogP contribution in [0, 0.1) is 13.8 Å². The highest BCUT2D eigenvalue weighted by atomic mass is 32.2. The molecule has 1 aliphatic rings. The van der Waals surface area contributed by atoms with Crippen molar-refractivity contribution in [2.75, 3.05) is 18.8 Å². The summed E-state index contributed by atoms with van der Waals surface area (Å²) in [4.78, 5) is 2.36. The fraction of sp³-hybridized carbons (Fsp3) is 0.500. The zero-order valence-corrected chi connectivity index (χ0v) is 15.9. The number of aryl methyl sites for hydroxylation is 2. The molecule has 136 valence electrons. The predicted molar refractivity (Wildman–Crippen MR) is 98.8 cm³/mol. The lowest BCUT2D eigenvalue weighted by Gasteiger charge is -2.34. The molecular formula is C18H26N4O2S. The van der Waals surface area contributed by atoms with Crippen LogP contribution in [0.2, 0.25) is 0 Å². The van der Waals surface area contributed by atoms with Gasteiger partial charge in [-0.05, 0) is 38.0 Å². The van der Waals surface area contributed by atoms with Crippen LogP contribution in [0.15, 0.2) is 30.5 Å². The second-order valence-corrected chi connectivity index (χ2v) is 8.87. The van der Waals surface area contributed by atoms with Crippen LogP contribution in [0.5, 0.6) is 0 Å². The molecule has 3 rings (SSSR count). The summed E-state index contributed by atoms with van der Waals surface area (Å²) in [6.07, 6.45) is 1.79. The average Bonchev–Trinajstić information content (AvgIpc) is 3.05. The Morgan fingerprint density at radius 2 is 2.08 bits per heavy atom. The molecule has 0 saturated carbocycles. The van der Waals surface area contributed by atoms with Crippen LogP contribution in [-0.2, 0) is 23.1 Å². The molecule has 0 unspecified atom stereocenters. The SMILES string of the molecule is CCS(=O)(=O)NC[C@@H]1CN(Cc2cc(C)ccc2C)Cc2ccnn21. The topological polar surface area (TPSA) is 67.2 Å². The molecule has 1 atom stereocenters. The van der Waals surface area contributed by atoms with Gasteiger partial charge in [-0.15, -0.1) is 0 Å². The van der Waals surface area contributed by atoms with Crippen LogP contribution < -0.4 is 4.72 Å². The summed E-state index contributed by atoms with van der Waals surface area (Å²) in [5.41, 5.74) is 4.99. The van der Waals surface area contributed by atoms with Gasteiger partial charge in [0.1, 0.15) is 0 Å². The second-order valence-electron chi connectivity index (χ2n) is 6.77. The number of aromatic nitrogens is 2. The molecular weight excluding hydrogens is 336 g/mol. The van der Waals surface area contributed by atoms with E-state index in [2.05, 4.69) is 46.8 Å². The van der Waals surface area contributed by atoms with Crippen LogP contribution in [0.3, 0.4) is 0 Å². The number of nitrogens with one attached hydrogen (secondary N) is 1. The summed E-state index contributed by atoms with van der Waals surface area (Å²) in [5.74, 6) is 0.0951. The third-order valence-corrected chi connectivity index (χ3v) is 6.14. The Kier molecular flexibility index (Phi) is 5.27. The van der Waals surface area contributed by atoms with Crippen LogP contribution in [0.1, 0.15) is 35.3 Å². The zero-order chi connectivity index (χ0) is 18.0. The molecule has 6 nitrogen and oxygen atoms in total. The number of hydrogen-bond acceptors (Lipinski definition) is 4. The van der Waals surface area contributed by atoms with Crippen molar-refractivity contribution in [3.05, 3.63) is 52.8 Å². The van der Waals surface area contributed by atoms with E-state index >= 15 is 0 Å². The molecule has 2 heterocycles. The second kappa shape index (κ2) is 7.27. The number of sulfonamides is 1. The van der Waals surface area contributed by atoms with Crippen molar-refractivity contribution in [1.82, 2.24) is 19.4 Å². The van der Waals surface area contributed by atoms with E-state index in [4.69, 9.17) is 0 Å². The monoisotopic (exact) mass is 362 g/mol. The molecule has 0 amide bonds. The Morgan fingerprint density at radius 1 is 1.28 bits per heavy atom. The van der Waals surface area contributed by atoms with Gasteiger partial charge in [0.05, 0.1) is 17.5 Å². The molecule has 0 spiro atoms. The number of rotatable bonds is 6. The van der Waals surface area contributed by atoms with Crippen LogP contribution in [0.4, 0.5) is 0 Å². The fourth-order valence-corrected chi connectivity index (χ4v) is 3.92. The molecule has 7 heteroatoms. The van der Waals surface area contributed by atoms with Gasteiger partial charge in [-0.2, -0.15) is 5.10 Å². The molecule has 1 aliphatic heterocycles. The van der Waals surface area contributed by atoms with Crippen molar-refractivity contribution in [3.63, 3.8) is 0 Å². The van der Waals surface area contributed by atoms with E-state index in [1.807, 2.05) is 10.7 Å². The van der Waals surface area contributed by atoms with Crippen LogP contribution in [-0.4, -0.2) is 41.9 Å². The maximum absolute atomic E-state index is 11.8. The summed E-state index contributed by atoms with van der Waals surface area (Å²) in [6.45, 7) is 8.71. The van der Waals surface area contributed by atoms with Crippen molar-refractivity contribution in [2.45, 2.75) is 39.9 Å².